The van der Waals surface area contributed by atoms with Crippen LogP contribution in [0, 0.1) is 11.8 Å². The fourth-order valence-electron chi connectivity index (χ4n) is 1.52. The summed E-state index contributed by atoms with van der Waals surface area (Å²) in [5.74, 6) is 6.30. The van der Waals surface area contributed by atoms with Gasteiger partial charge >= 0.3 is 0 Å². The minimum Gasteiger partial charge on any atom is -0.497 e. The van der Waals surface area contributed by atoms with Gasteiger partial charge in [-0.05, 0) is 30.7 Å². The second-order valence-electron chi connectivity index (χ2n) is 3.73. The zero-order valence-electron chi connectivity index (χ0n) is 11.4. The van der Waals surface area contributed by atoms with Crippen LogP contribution in [0.3, 0.4) is 0 Å². The van der Waals surface area contributed by atoms with Crippen molar-refractivity contribution in [1.82, 2.24) is 0 Å². The molecule has 0 saturated carbocycles. The average Bonchev–Trinajstić information content (AvgIpc) is 2.45. The molecule has 4 nitrogen and oxygen atoms in total. The highest BCUT2D eigenvalue weighted by Crippen LogP contribution is 2.18. The fourth-order valence-corrected chi connectivity index (χ4v) is 1.52. The van der Waals surface area contributed by atoms with Crippen LogP contribution < -0.4 is 4.74 Å². The van der Waals surface area contributed by atoms with Crippen LogP contribution in [0.1, 0.15) is 18.1 Å². The maximum Gasteiger partial charge on any atom is 0.119 e. The molecule has 0 aliphatic carbocycles. The lowest BCUT2D eigenvalue weighted by atomic mass is 10.1. The van der Waals surface area contributed by atoms with E-state index >= 15 is 0 Å². The summed E-state index contributed by atoms with van der Waals surface area (Å²) in [6.07, 6.45) is 0. The first kappa shape index (κ1) is 15.5. The summed E-state index contributed by atoms with van der Waals surface area (Å²) in [5.41, 5.74) is 1.78. The Bertz CT molecular complexity index is 432. The molecule has 0 amide bonds. The Balaban J connectivity index is 2.66. The number of methoxy groups -OCH3 is 1. The first-order valence-corrected chi connectivity index (χ1v) is 6.24. The maximum absolute atomic E-state index is 8.75. The van der Waals surface area contributed by atoms with Crippen LogP contribution in [0.4, 0.5) is 0 Å². The molecule has 19 heavy (non-hydrogen) atoms. The normalized spacial score (nSPS) is 9.84. The molecule has 1 N–H and O–H groups in total. The molecule has 104 valence electrons. The molecule has 0 radical (unpaired) electrons. The number of hydrogen-bond donors (Lipinski definition) is 1. The standard InChI is InChI=1S/C15H20O4/c1-3-18-9-10-19-12-14-11-15(17-2)7-6-13(14)5-4-8-16/h6-7,11,16H,3,8-10,12H2,1-2H3. The molecule has 1 aromatic carbocycles. The third kappa shape index (κ3) is 5.75. The van der Waals surface area contributed by atoms with Gasteiger partial charge in [-0.3, -0.25) is 0 Å². The maximum atomic E-state index is 8.75. The van der Waals surface area contributed by atoms with E-state index in [0.29, 0.717) is 26.4 Å². The molecule has 4 heteroatoms. The molecule has 0 atom stereocenters. The zero-order chi connectivity index (χ0) is 13.9. The topological polar surface area (TPSA) is 47.9 Å². The largest absolute Gasteiger partial charge is 0.497 e. The van der Waals surface area contributed by atoms with Crippen LogP contribution >= 0.6 is 0 Å². The number of hydrogen-bond acceptors (Lipinski definition) is 4. The van der Waals surface area contributed by atoms with Crippen molar-refractivity contribution < 1.29 is 19.3 Å². The Morgan fingerprint density at radius 1 is 1.21 bits per heavy atom. The molecule has 1 aromatic rings. The van der Waals surface area contributed by atoms with E-state index in [1.165, 1.54) is 0 Å². The van der Waals surface area contributed by atoms with Gasteiger partial charge in [0.15, 0.2) is 0 Å². The summed E-state index contributed by atoms with van der Waals surface area (Å²) in [7, 11) is 1.62. The first-order valence-electron chi connectivity index (χ1n) is 6.24. The van der Waals surface area contributed by atoms with Gasteiger partial charge in [0.25, 0.3) is 0 Å². The highest BCUT2D eigenvalue weighted by molar-refractivity contribution is 5.45. The first-order chi connectivity index (χ1) is 9.31. The summed E-state index contributed by atoms with van der Waals surface area (Å²) >= 11 is 0. The molecule has 0 heterocycles. The van der Waals surface area contributed by atoms with Gasteiger partial charge in [-0.25, -0.2) is 0 Å². The molecule has 1 rings (SSSR count). The Morgan fingerprint density at radius 2 is 2.00 bits per heavy atom. The van der Waals surface area contributed by atoms with E-state index in [2.05, 4.69) is 11.8 Å². The molecule has 0 fully saturated rings. The Kier molecular flexibility index (Phi) is 7.68. The lowest BCUT2D eigenvalue weighted by molar-refractivity contribution is 0.0452. The summed E-state index contributed by atoms with van der Waals surface area (Å²) in [6, 6.07) is 5.59. The van der Waals surface area contributed by atoms with Crippen molar-refractivity contribution in [2.45, 2.75) is 13.5 Å². The van der Waals surface area contributed by atoms with Crippen LogP contribution in [0.5, 0.6) is 5.75 Å². The quantitative estimate of drug-likeness (QED) is 0.600. The molecule has 0 aliphatic rings. The molecule has 0 unspecified atom stereocenters. The van der Waals surface area contributed by atoms with Crippen molar-refractivity contribution in [3.05, 3.63) is 29.3 Å². The van der Waals surface area contributed by atoms with Gasteiger partial charge < -0.3 is 19.3 Å². The number of rotatable bonds is 7. The second kappa shape index (κ2) is 9.40. The van der Waals surface area contributed by atoms with Crippen molar-refractivity contribution >= 4 is 0 Å². The number of aliphatic hydroxyl groups excluding tert-OH is 1. The predicted molar refractivity (Wildman–Crippen MR) is 73.1 cm³/mol. The third-order valence-electron chi connectivity index (χ3n) is 2.45. The number of ether oxygens (including phenoxy) is 3. The van der Waals surface area contributed by atoms with Crippen molar-refractivity contribution in [2.24, 2.45) is 0 Å². The van der Waals surface area contributed by atoms with Crippen molar-refractivity contribution in [1.29, 1.82) is 0 Å². The Hall–Kier alpha value is -1.54. The summed E-state index contributed by atoms with van der Waals surface area (Å²) in [6.45, 7) is 4.05. The van der Waals surface area contributed by atoms with Gasteiger partial charge in [0.2, 0.25) is 0 Å². The van der Waals surface area contributed by atoms with Crippen molar-refractivity contribution in [3.63, 3.8) is 0 Å². The van der Waals surface area contributed by atoms with E-state index in [1.54, 1.807) is 7.11 Å². The van der Waals surface area contributed by atoms with E-state index in [9.17, 15) is 0 Å². The van der Waals surface area contributed by atoms with Gasteiger partial charge in [-0.2, -0.15) is 0 Å². The van der Waals surface area contributed by atoms with Crippen molar-refractivity contribution in [2.75, 3.05) is 33.5 Å². The van der Waals surface area contributed by atoms with Crippen LogP contribution in [0.25, 0.3) is 0 Å². The fraction of sp³-hybridized carbons (Fsp3) is 0.467. The minimum absolute atomic E-state index is 0.156. The average molecular weight is 264 g/mol. The van der Waals surface area contributed by atoms with Crippen LogP contribution in [-0.4, -0.2) is 38.6 Å². The number of benzene rings is 1. The minimum atomic E-state index is -0.156. The second-order valence-corrected chi connectivity index (χ2v) is 3.73. The van der Waals surface area contributed by atoms with Crippen molar-refractivity contribution in [3.8, 4) is 17.6 Å². The van der Waals surface area contributed by atoms with Crippen LogP contribution in [-0.2, 0) is 16.1 Å². The van der Waals surface area contributed by atoms with E-state index < -0.39 is 0 Å². The molecular weight excluding hydrogens is 244 g/mol. The SMILES string of the molecule is CCOCCOCc1cc(OC)ccc1C#CCO. The van der Waals surface area contributed by atoms with E-state index in [4.69, 9.17) is 19.3 Å². The van der Waals surface area contributed by atoms with Gasteiger partial charge in [-0.1, -0.05) is 11.8 Å². The molecule has 0 aliphatic heterocycles. The van der Waals surface area contributed by atoms with Gasteiger partial charge in [-0.15, -0.1) is 0 Å². The van der Waals surface area contributed by atoms with Gasteiger partial charge in [0.1, 0.15) is 12.4 Å². The third-order valence-corrected chi connectivity index (χ3v) is 2.45. The Labute approximate surface area is 114 Å². The van der Waals surface area contributed by atoms with Gasteiger partial charge in [0.05, 0.1) is 26.9 Å². The van der Waals surface area contributed by atoms with Crippen LogP contribution in [0.15, 0.2) is 18.2 Å². The monoisotopic (exact) mass is 264 g/mol. The van der Waals surface area contributed by atoms with E-state index in [-0.39, 0.29) is 6.61 Å². The highest BCUT2D eigenvalue weighted by atomic mass is 16.5. The molecule has 0 saturated heterocycles. The molecule has 0 spiro atoms. The molecular formula is C15H20O4. The smallest absolute Gasteiger partial charge is 0.119 e. The highest BCUT2D eigenvalue weighted by Gasteiger charge is 2.03. The summed E-state index contributed by atoms with van der Waals surface area (Å²) in [4.78, 5) is 0. The van der Waals surface area contributed by atoms with E-state index in [1.807, 2.05) is 25.1 Å². The van der Waals surface area contributed by atoms with Crippen LogP contribution in [0.2, 0.25) is 0 Å². The van der Waals surface area contributed by atoms with Gasteiger partial charge in [0, 0.05) is 12.2 Å². The summed E-state index contributed by atoms with van der Waals surface area (Å²) < 4.78 is 15.9. The Morgan fingerprint density at radius 3 is 2.68 bits per heavy atom. The molecule has 0 aromatic heterocycles. The number of aliphatic hydroxyl groups is 1. The zero-order valence-corrected chi connectivity index (χ0v) is 11.4. The predicted octanol–water partition coefficient (Wildman–Crippen LogP) is 1.59. The lowest BCUT2D eigenvalue weighted by Crippen LogP contribution is -2.05. The lowest BCUT2D eigenvalue weighted by Gasteiger charge is -2.09. The molecule has 0 bridgehead atoms. The summed E-state index contributed by atoms with van der Waals surface area (Å²) in [5, 5.41) is 8.75. The van der Waals surface area contributed by atoms with E-state index in [0.717, 1.165) is 16.9 Å².